The average Bonchev–Trinajstić information content (AvgIpc) is 3.39. The maximum Gasteiger partial charge on any atom is 0.243 e. The van der Waals surface area contributed by atoms with Crippen LogP contribution in [-0.2, 0) is 4.79 Å². The SMILES string of the molecule is CC(C)(C)NC(=O)[C@H]1CCCN1c1nc(-c2ccc(F)s2)[nH]c1-c1ccccc1. The Balaban J connectivity index is 1.75. The summed E-state index contributed by atoms with van der Waals surface area (Å²) in [6.07, 6.45) is 1.71. The maximum absolute atomic E-state index is 13.6. The number of hydrogen-bond acceptors (Lipinski definition) is 4. The van der Waals surface area contributed by atoms with Crippen LogP contribution in [0.25, 0.3) is 22.0 Å². The van der Waals surface area contributed by atoms with Gasteiger partial charge in [0.25, 0.3) is 0 Å². The number of thiophene rings is 1. The molecule has 3 aromatic rings. The van der Waals surface area contributed by atoms with Crippen LogP contribution < -0.4 is 10.2 Å². The molecule has 5 nitrogen and oxygen atoms in total. The number of imidazole rings is 1. The summed E-state index contributed by atoms with van der Waals surface area (Å²) in [7, 11) is 0. The fourth-order valence-corrected chi connectivity index (χ4v) is 4.36. The van der Waals surface area contributed by atoms with Gasteiger partial charge in [-0.15, -0.1) is 11.3 Å². The van der Waals surface area contributed by atoms with Crippen LogP contribution in [0.2, 0.25) is 0 Å². The Hall–Kier alpha value is -2.67. The number of benzene rings is 1. The minimum atomic E-state index is -0.293. The predicted octanol–water partition coefficient (Wildman–Crippen LogP) is 4.83. The summed E-state index contributed by atoms with van der Waals surface area (Å²) < 4.78 is 13.6. The fourth-order valence-electron chi connectivity index (χ4n) is 3.68. The van der Waals surface area contributed by atoms with Crippen LogP contribution in [0.3, 0.4) is 0 Å². The van der Waals surface area contributed by atoms with Crippen molar-refractivity contribution in [3.8, 4) is 22.0 Å². The van der Waals surface area contributed by atoms with E-state index in [2.05, 4.69) is 15.2 Å². The molecule has 1 fully saturated rings. The van der Waals surface area contributed by atoms with Gasteiger partial charge in [0, 0.05) is 17.6 Å². The van der Waals surface area contributed by atoms with Gasteiger partial charge in [-0.3, -0.25) is 4.79 Å². The van der Waals surface area contributed by atoms with Crippen LogP contribution in [0.15, 0.2) is 42.5 Å². The number of aromatic amines is 1. The number of rotatable bonds is 4. The molecule has 0 saturated carbocycles. The molecule has 0 bridgehead atoms. The molecule has 2 N–H and O–H groups in total. The topological polar surface area (TPSA) is 61.0 Å². The third kappa shape index (κ3) is 4.19. The van der Waals surface area contributed by atoms with Crippen LogP contribution in [0.1, 0.15) is 33.6 Å². The highest BCUT2D eigenvalue weighted by atomic mass is 32.1. The molecule has 1 aliphatic heterocycles. The highest BCUT2D eigenvalue weighted by Gasteiger charge is 2.35. The molecular weight excluding hydrogens is 387 g/mol. The van der Waals surface area contributed by atoms with Gasteiger partial charge in [0.15, 0.2) is 16.8 Å². The number of H-pyrrole nitrogens is 1. The summed E-state index contributed by atoms with van der Waals surface area (Å²) in [6.45, 7) is 6.71. The number of carbonyl (C=O) groups excluding carboxylic acids is 1. The molecule has 152 valence electrons. The van der Waals surface area contributed by atoms with Crippen molar-refractivity contribution in [2.75, 3.05) is 11.4 Å². The van der Waals surface area contributed by atoms with E-state index in [9.17, 15) is 9.18 Å². The quantitative estimate of drug-likeness (QED) is 0.645. The van der Waals surface area contributed by atoms with E-state index in [0.717, 1.165) is 52.7 Å². The van der Waals surface area contributed by atoms with Gasteiger partial charge in [0.05, 0.1) is 10.6 Å². The second-order valence-electron chi connectivity index (χ2n) is 8.34. The van der Waals surface area contributed by atoms with Crippen molar-refractivity contribution in [3.05, 3.63) is 47.6 Å². The van der Waals surface area contributed by atoms with Gasteiger partial charge in [-0.2, -0.15) is 4.39 Å². The van der Waals surface area contributed by atoms with Gasteiger partial charge in [0.1, 0.15) is 6.04 Å². The molecule has 0 aliphatic carbocycles. The van der Waals surface area contributed by atoms with Crippen LogP contribution in [-0.4, -0.2) is 34.0 Å². The van der Waals surface area contributed by atoms with Gasteiger partial charge in [-0.1, -0.05) is 30.3 Å². The van der Waals surface area contributed by atoms with Crippen LogP contribution in [0.4, 0.5) is 10.2 Å². The molecule has 4 rings (SSSR count). The van der Waals surface area contributed by atoms with Crippen molar-refractivity contribution in [2.45, 2.75) is 45.2 Å². The number of hydrogen-bond donors (Lipinski definition) is 2. The Labute approximate surface area is 174 Å². The van der Waals surface area contributed by atoms with Crippen molar-refractivity contribution in [1.82, 2.24) is 15.3 Å². The predicted molar refractivity (Wildman–Crippen MR) is 116 cm³/mol. The zero-order valence-corrected chi connectivity index (χ0v) is 17.6. The zero-order chi connectivity index (χ0) is 20.6. The molecule has 3 heterocycles. The first-order chi connectivity index (χ1) is 13.8. The van der Waals surface area contributed by atoms with E-state index in [-0.39, 0.29) is 22.6 Å². The van der Waals surface area contributed by atoms with Gasteiger partial charge < -0.3 is 15.2 Å². The highest BCUT2D eigenvalue weighted by molar-refractivity contribution is 7.13. The molecule has 0 unspecified atom stereocenters. The second-order valence-corrected chi connectivity index (χ2v) is 9.38. The monoisotopic (exact) mass is 412 g/mol. The zero-order valence-electron chi connectivity index (χ0n) is 16.8. The minimum Gasteiger partial charge on any atom is -0.350 e. The lowest BCUT2D eigenvalue weighted by Gasteiger charge is -2.29. The Bertz CT molecular complexity index is 1010. The van der Waals surface area contributed by atoms with Crippen molar-refractivity contribution in [3.63, 3.8) is 0 Å². The number of nitrogens with zero attached hydrogens (tertiary/aromatic N) is 2. The Kier molecular flexibility index (Phi) is 5.17. The normalized spacial score (nSPS) is 17.0. The van der Waals surface area contributed by atoms with E-state index >= 15 is 0 Å². The molecule has 0 spiro atoms. The van der Waals surface area contributed by atoms with Gasteiger partial charge in [0.2, 0.25) is 5.91 Å². The first-order valence-corrected chi connectivity index (χ1v) is 10.6. The number of aromatic nitrogens is 2. The lowest BCUT2D eigenvalue weighted by molar-refractivity contribution is -0.123. The molecular formula is C22H25FN4OS. The molecule has 29 heavy (non-hydrogen) atoms. The molecule has 7 heteroatoms. The summed E-state index contributed by atoms with van der Waals surface area (Å²) in [5, 5.41) is 2.85. The third-order valence-electron chi connectivity index (χ3n) is 4.88. The highest BCUT2D eigenvalue weighted by Crippen LogP contribution is 2.37. The van der Waals surface area contributed by atoms with E-state index in [4.69, 9.17) is 4.98 Å². The maximum atomic E-state index is 13.6. The Morgan fingerprint density at radius 1 is 1.24 bits per heavy atom. The Morgan fingerprint density at radius 2 is 2.00 bits per heavy atom. The van der Waals surface area contributed by atoms with E-state index in [1.807, 2.05) is 51.1 Å². The number of halogens is 1. The summed E-state index contributed by atoms with van der Waals surface area (Å²) in [5.41, 5.74) is 1.55. The average molecular weight is 413 g/mol. The van der Waals surface area contributed by atoms with Gasteiger partial charge >= 0.3 is 0 Å². The standard InChI is InChI=1S/C22H25FN4OS/c1-22(2,3)26-21(28)15-10-7-13-27(15)20-18(14-8-5-4-6-9-14)24-19(25-20)16-11-12-17(23)29-16/h4-6,8-9,11-12,15H,7,10,13H2,1-3H3,(H,24,25)(H,26,28)/t15-/m1/s1. The first-order valence-electron chi connectivity index (χ1n) is 9.81. The lowest BCUT2D eigenvalue weighted by Crippen LogP contribution is -2.50. The molecule has 1 saturated heterocycles. The van der Waals surface area contributed by atoms with E-state index in [1.165, 1.54) is 6.07 Å². The van der Waals surface area contributed by atoms with Crippen LogP contribution >= 0.6 is 11.3 Å². The Morgan fingerprint density at radius 3 is 2.66 bits per heavy atom. The van der Waals surface area contributed by atoms with Crippen molar-refractivity contribution in [1.29, 1.82) is 0 Å². The first kappa shape index (κ1) is 19.6. The number of nitrogens with one attached hydrogen (secondary N) is 2. The van der Waals surface area contributed by atoms with Crippen molar-refractivity contribution >= 4 is 23.1 Å². The summed E-state index contributed by atoms with van der Waals surface area (Å²) >= 11 is 1.06. The molecule has 1 atom stereocenters. The molecule has 1 aromatic carbocycles. The second kappa shape index (κ2) is 7.63. The van der Waals surface area contributed by atoms with Gasteiger partial charge in [-0.25, -0.2) is 4.98 Å². The molecule has 1 amide bonds. The summed E-state index contributed by atoms with van der Waals surface area (Å²) in [5.74, 6) is 1.38. The van der Waals surface area contributed by atoms with Crippen LogP contribution in [0, 0.1) is 5.13 Å². The lowest BCUT2D eigenvalue weighted by atomic mass is 10.1. The molecule has 1 aliphatic rings. The molecule has 2 aromatic heterocycles. The van der Waals surface area contributed by atoms with E-state index < -0.39 is 0 Å². The number of carbonyl (C=O) groups is 1. The van der Waals surface area contributed by atoms with Crippen molar-refractivity contribution < 1.29 is 9.18 Å². The largest absolute Gasteiger partial charge is 0.350 e. The smallest absolute Gasteiger partial charge is 0.243 e. The van der Waals surface area contributed by atoms with Gasteiger partial charge in [-0.05, 0) is 45.7 Å². The summed E-state index contributed by atoms with van der Waals surface area (Å²) in [6, 6.07) is 12.8. The minimum absolute atomic E-state index is 0.0146. The fraction of sp³-hybridized carbons (Fsp3) is 0.364. The van der Waals surface area contributed by atoms with E-state index in [0.29, 0.717) is 5.82 Å². The van der Waals surface area contributed by atoms with E-state index in [1.54, 1.807) is 6.07 Å². The third-order valence-corrected chi connectivity index (χ3v) is 5.76. The molecule has 0 radical (unpaired) electrons. The summed E-state index contributed by atoms with van der Waals surface area (Å²) in [4.78, 5) is 23.9. The van der Waals surface area contributed by atoms with Crippen LogP contribution in [0.5, 0.6) is 0 Å². The number of anilines is 1. The number of amides is 1. The van der Waals surface area contributed by atoms with Crippen molar-refractivity contribution in [2.24, 2.45) is 0 Å².